The lowest BCUT2D eigenvalue weighted by molar-refractivity contribution is 0.553. The third-order valence-corrected chi connectivity index (χ3v) is 3.78. The van der Waals surface area contributed by atoms with Crippen LogP contribution in [-0.2, 0) is 6.54 Å². The predicted molar refractivity (Wildman–Crippen MR) is 74.2 cm³/mol. The summed E-state index contributed by atoms with van der Waals surface area (Å²) in [5.41, 5.74) is 5.48. The number of fused-ring (bicyclic) bond motifs is 1. The van der Waals surface area contributed by atoms with Crippen molar-refractivity contribution in [2.24, 2.45) is 0 Å². The average Bonchev–Trinajstić information content (AvgIpc) is 3.19. The molecule has 98 valence electrons. The summed E-state index contributed by atoms with van der Waals surface area (Å²) in [5.74, 6) is 0. The molecule has 0 aliphatic rings. The molecule has 0 amide bonds. The van der Waals surface area contributed by atoms with Gasteiger partial charge in [-0.05, 0) is 12.1 Å². The van der Waals surface area contributed by atoms with Gasteiger partial charge in [-0.25, -0.2) is 14.6 Å². The van der Waals surface area contributed by atoms with Crippen LogP contribution < -0.4 is 0 Å². The molecule has 0 spiro atoms. The second kappa shape index (κ2) is 4.53. The molecule has 0 aliphatic carbocycles. The van der Waals surface area contributed by atoms with Crippen LogP contribution in [0.3, 0.4) is 0 Å². The molecule has 0 unspecified atom stereocenters. The highest BCUT2D eigenvalue weighted by atomic mass is 32.1. The van der Waals surface area contributed by atoms with Crippen molar-refractivity contribution in [2.45, 2.75) is 6.54 Å². The Bertz CT molecular complexity index is 849. The van der Waals surface area contributed by atoms with Gasteiger partial charge in [0.2, 0.25) is 0 Å². The Hall–Kier alpha value is -2.54. The van der Waals surface area contributed by atoms with Gasteiger partial charge >= 0.3 is 0 Å². The first-order valence-corrected chi connectivity index (χ1v) is 6.87. The van der Waals surface area contributed by atoms with Gasteiger partial charge in [0.1, 0.15) is 17.7 Å². The van der Waals surface area contributed by atoms with Gasteiger partial charge in [-0.15, -0.1) is 16.4 Å². The number of aromatic nitrogens is 5. The van der Waals surface area contributed by atoms with Crippen LogP contribution in [0.4, 0.5) is 0 Å². The summed E-state index contributed by atoms with van der Waals surface area (Å²) in [4.78, 5) is 8.38. The third kappa shape index (κ3) is 1.97. The first kappa shape index (κ1) is 11.3. The van der Waals surface area contributed by atoms with Gasteiger partial charge in [0, 0.05) is 5.56 Å². The number of oxazole rings is 1. The van der Waals surface area contributed by atoms with Crippen molar-refractivity contribution in [3.63, 3.8) is 0 Å². The van der Waals surface area contributed by atoms with Crippen molar-refractivity contribution >= 4 is 21.6 Å². The zero-order chi connectivity index (χ0) is 13.4. The molecule has 7 heteroatoms. The van der Waals surface area contributed by atoms with Gasteiger partial charge < -0.3 is 4.42 Å². The first-order chi connectivity index (χ1) is 9.88. The maximum absolute atomic E-state index is 4.94. The summed E-state index contributed by atoms with van der Waals surface area (Å²) in [6, 6.07) is 6.11. The molecule has 0 radical (unpaired) electrons. The molecule has 4 aromatic rings. The Labute approximate surface area is 117 Å². The van der Waals surface area contributed by atoms with Crippen LogP contribution in [0.25, 0.3) is 21.5 Å². The van der Waals surface area contributed by atoms with Crippen molar-refractivity contribution in [1.29, 1.82) is 0 Å². The molecule has 4 rings (SSSR count). The SMILES string of the molecule is c1nc(Cn2cc(-c3ccc4scnc4c3)nn2)co1. The van der Waals surface area contributed by atoms with Crippen molar-refractivity contribution in [2.75, 3.05) is 0 Å². The summed E-state index contributed by atoms with van der Waals surface area (Å²) in [6.45, 7) is 0.544. The second-order valence-corrected chi connectivity index (χ2v) is 5.20. The zero-order valence-electron chi connectivity index (χ0n) is 10.3. The van der Waals surface area contributed by atoms with E-state index in [1.807, 2.05) is 23.8 Å². The van der Waals surface area contributed by atoms with Crippen LogP contribution >= 0.6 is 11.3 Å². The zero-order valence-corrected chi connectivity index (χ0v) is 11.1. The van der Waals surface area contributed by atoms with E-state index in [1.54, 1.807) is 22.3 Å². The van der Waals surface area contributed by atoms with E-state index in [0.717, 1.165) is 22.5 Å². The van der Waals surface area contributed by atoms with E-state index in [9.17, 15) is 0 Å². The summed E-state index contributed by atoms with van der Waals surface area (Å²) in [6.07, 6.45) is 4.90. The van der Waals surface area contributed by atoms with E-state index >= 15 is 0 Å². The molecule has 3 heterocycles. The van der Waals surface area contributed by atoms with Gasteiger partial charge in [-0.2, -0.15) is 0 Å². The number of hydrogen-bond donors (Lipinski definition) is 0. The topological polar surface area (TPSA) is 69.6 Å². The van der Waals surface area contributed by atoms with Gasteiger partial charge in [0.25, 0.3) is 0 Å². The minimum Gasteiger partial charge on any atom is -0.451 e. The minimum absolute atomic E-state index is 0.544. The smallest absolute Gasteiger partial charge is 0.180 e. The van der Waals surface area contributed by atoms with Crippen molar-refractivity contribution < 1.29 is 4.42 Å². The monoisotopic (exact) mass is 283 g/mol. The first-order valence-electron chi connectivity index (χ1n) is 5.99. The lowest BCUT2D eigenvalue weighted by Crippen LogP contribution is -2.00. The lowest BCUT2D eigenvalue weighted by Gasteiger charge is -1.96. The van der Waals surface area contributed by atoms with Crippen LogP contribution in [0.5, 0.6) is 0 Å². The standard InChI is InChI=1S/C13H9N5OS/c1-2-13-11(15-8-20-13)3-9(1)12-5-18(17-16-12)4-10-6-19-7-14-10/h1-3,5-8H,4H2. The highest BCUT2D eigenvalue weighted by Gasteiger charge is 2.07. The molecule has 0 saturated carbocycles. The normalized spacial score (nSPS) is 11.2. The molecule has 0 N–H and O–H groups in total. The van der Waals surface area contributed by atoms with E-state index in [4.69, 9.17) is 4.42 Å². The molecule has 0 aliphatic heterocycles. The largest absolute Gasteiger partial charge is 0.451 e. The van der Waals surface area contributed by atoms with E-state index in [-0.39, 0.29) is 0 Å². The van der Waals surface area contributed by atoms with Crippen LogP contribution in [0.15, 0.2) is 47.0 Å². The molecule has 1 aromatic carbocycles. The molecule has 0 atom stereocenters. The summed E-state index contributed by atoms with van der Waals surface area (Å²) in [7, 11) is 0. The van der Waals surface area contributed by atoms with Crippen LogP contribution in [0.2, 0.25) is 0 Å². The molecule has 20 heavy (non-hydrogen) atoms. The number of rotatable bonds is 3. The molecule has 0 bridgehead atoms. The quantitative estimate of drug-likeness (QED) is 0.578. The third-order valence-electron chi connectivity index (χ3n) is 2.97. The number of hydrogen-bond acceptors (Lipinski definition) is 6. The summed E-state index contributed by atoms with van der Waals surface area (Å²) in [5, 5.41) is 8.29. The van der Waals surface area contributed by atoms with Gasteiger partial charge in [0.15, 0.2) is 6.39 Å². The van der Waals surface area contributed by atoms with Gasteiger partial charge in [-0.3, -0.25) is 0 Å². The highest BCUT2D eigenvalue weighted by molar-refractivity contribution is 7.16. The second-order valence-electron chi connectivity index (χ2n) is 4.32. The fraction of sp³-hybridized carbons (Fsp3) is 0.0769. The van der Waals surface area contributed by atoms with Crippen LogP contribution in [-0.4, -0.2) is 25.0 Å². The van der Waals surface area contributed by atoms with Crippen LogP contribution in [0, 0.1) is 0 Å². The Kier molecular flexibility index (Phi) is 2.56. The molecular formula is C13H9N5OS. The fourth-order valence-corrected chi connectivity index (χ4v) is 2.67. The number of nitrogens with zero attached hydrogens (tertiary/aromatic N) is 5. The summed E-state index contributed by atoms with van der Waals surface area (Å²) >= 11 is 1.63. The van der Waals surface area contributed by atoms with Gasteiger partial charge in [-0.1, -0.05) is 11.3 Å². The molecular weight excluding hydrogens is 274 g/mol. The van der Waals surface area contributed by atoms with Crippen LogP contribution in [0.1, 0.15) is 5.69 Å². The van der Waals surface area contributed by atoms with Crippen molar-refractivity contribution in [3.8, 4) is 11.3 Å². The summed E-state index contributed by atoms with van der Waals surface area (Å²) < 4.78 is 7.84. The molecule has 0 saturated heterocycles. The Morgan fingerprint density at radius 3 is 3.15 bits per heavy atom. The van der Waals surface area contributed by atoms with Crippen molar-refractivity contribution in [1.82, 2.24) is 25.0 Å². The van der Waals surface area contributed by atoms with E-state index < -0.39 is 0 Å². The van der Waals surface area contributed by atoms with E-state index in [2.05, 4.69) is 26.3 Å². The molecule has 6 nitrogen and oxygen atoms in total. The fourth-order valence-electron chi connectivity index (χ4n) is 2.01. The maximum atomic E-state index is 4.94. The lowest BCUT2D eigenvalue weighted by atomic mass is 10.1. The van der Waals surface area contributed by atoms with E-state index in [0.29, 0.717) is 6.54 Å². The minimum atomic E-state index is 0.544. The number of thiazole rings is 1. The number of benzene rings is 1. The van der Waals surface area contributed by atoms with E-state index in [1.165, 1.54) is 11.1 Å². The predicted octanol–water partition coefficient (Wildman–Crippen LogP) is 2.59. The maximum Gasteiger partial charge on any atom is 0.180 e. The Balaban J connectivity index is 1.66. The average molecular weight is 283 g/mol. The van der Waals surface area contributed by atoms with Crippen molar-refractivity contribution in [3.05, 3.63) is 48.3 Å². The molecule has 3 aromatic heterocycles. The highest BCUT2D eigenvalue weighted by Crippen LogP contribution is 2.24. The van der Waals surface area contributed by atoms with Gasteiger partial charge in [0.05, 0.1) is 28.5 Å². The molecule has 0 fully saturated rings. The Morgan fingerprint density at radius 1 is 1.25 bits per heavy atom. The Morgan fingerprint density at radius 2 is 2.25 bits per heavy atom.